The maximum atomic E-state index is 5.96. The van der Waals surface area contributed by atoms with Gasteiger partial charge in [-0.1, -0.05) is 11.6 Å². The molecule has 0 aliphatic heterocycles. The first kappa shape index (κ1) is 11.2. The zero-order valence-electron chi connectivity index (χ0n) is 8.74. The minimum absolute atomic E-state index is 0.539. The third-order valence-corrected chi connectivity index (χ3v) is 2.95. The highest BCUT2D eigenvalue weighted by Gasteiger charge is 2.10. The van der Waals surface area contributed by atoms with Gasteiger partial charge in [0.1, 0.15) is 5.75 Å². The summed E-state index contributed by atoms with van der Waals surface area (Å²) < 4.78 is 5.52. The number of thiazole rings is 1. The highest BCUT2D eigenvalue weighted by Crippen LogP contribution is 2.33. The highest BCUT2D eigenvalue weighted by atomic mass is 35.5. The van der Waals surface area contributed by atoms with E-state index in [1.165, 1.54) is 11.3 Å². The molecule has 2 aromatic rings. The SMILES string of the molecule is CCOc1ccc(Cl)cc1-c1csc(N)n1. The van der Waals surface area contributed by atoms with Crippen LogP contribution in [0.1, 0.15) is 6.92 Å². The fraction of sp³-hybridized carbons (Fsp3) is 0.182. The predicted molar refractivity (Wildman–Crippen MR) is 68.1 cm³/mol. The molecule has 5 heteroatoms. The van der Waals surface area contributed by atoms with Crippen LogP contribution < -0.4 is 10.5 Å². The number of nitrogens with two attached hydrogens (primary N) is 1. The minimum atomic E-state index is 0.539. The number of hydrogen-bond acceptors (Lipinski definition) is 4. The summed E-state index contributed by atoms with van der Waals surface area (Å²) in [6, 6.07) is 5.48. The minimum Gasteiger partial charge on any atom is -0.493 e. The number of halogens is 1. The van der Waals surface area contributed by atoms with Gasteiger partial charge in [-0.15, -0.1) is 11.3 Å². The zero-order chi connectivity index (χ0) is 11.5. The Morgan fingerprint density at radius 3 is 2.94 bits per heavy atom. The van der Waals surface area contributed by atoms with Gasteiger partial charge in [0.2, 0.25) is 0 Å². The fourth-order valence-corrected chi connectivity index (χ4v) is 2.13. The monoisotopic (exact) mass is 254 g/mol. The van der Waals surface area contributed by atoms with Gasteiger partial charge in [0.05, 0.1) is 12.3 Å². The average Bonchev–Trinajstić information content (AvgIpc) is 2.68. The molecule has 0 atom stereocenters. The normalized spacial score (nSPS) is 10.4. The van der Waals surface area contributed by atoms with Gasteiger partial charge in [-0.25, -0.2) is 4.98 Å². The van der Waals surface area contributed by atoms with Gasteiger partial charge in [-0.05, 0) is 25.1 Å². The van der Waals surface area contributed by atoms with E-state index < -0.39 is 0 Å². The molecular formula is C11H11ClN2OS. The van der Waals surface area contributed by atoms with Gasteiger partial charge < -0.3 is 10.5 Å². The van der Waals surface area contributed by atoms with E-state index in [1.54, 1.807) is 6.07 Å². The molecule has 16 heavy (non-hydrogen) atoms. The number of nitrogen functional groups attached to an aromatic ring is 1. The lowest BCUT2D eigenvalue weighted by Crippen LogP contribution is -1.94. The quantitative estimate of drug-likeness (QED) is 0.913. The van der Waals surface area contributed by atoms with E-state index in [0.717, 1.165) is 17.0 Å². The Balaban J connectivity index is 2.48. The average molecular weight is 255 g/mol. The van der Waals surface area contributed by atoms with Crippen LogP contribution in [0.3, 0.4) is 0 Å². The molecule has 0 radical (unpaired) electrons. The van der Waals surface area contributed by atoms with Crippen molar-refractivity contribution in [3.63, 3.8) is 0 Å². The van der Waals surface area contributed by atoms with E-state index in [2.05, 4.69) is 4.98 Å². The topological polar surface area (TPSA) is 48.1 Å². The summed E-state index contributed by atoms with van der Waals surface area (Å²) in [6.07, 6.45) is 0. The summed E-state index contributed by atoms with van der Waals surface area (Å²) in [4.78, 5) is 4.22. The summed E-state index contributed by atoms with van der Waals surface area (Å²) >= 11 is 7.36. The molecule has 0 unspecified atom stereocenters. The largest absolute Gasteiger partial charge is 0.493 e. The van der Waals surface area contributed by atoms with Gasteiger partial charge in [-0.2, -0.15) is 0 Å². The van der Waals surface area contributed by atoms with Crippen molar-refractivity contribution in [3.8, 4) is 17.0 Å². The number of rotatable bonds is 3. The standard InChI is InChI=1S/C11H11ClN2OS/c1-2-15-10-4-3-7(12)5-8(10)9-6-16-11(13)14-9/h3-6H,2H2,1H3,(H2,13,14). The second-order valence-corrected chi connectivity index (χ2v) is 4.47. The lowest BCUT2D eigenvalue weighted by atomic mass is 10.1. The molecule has 0 saturated carbocycles. The molecular weight excluding hydrogens is 244 g/mol. The Morgan fingerprint density at radius 1 is 1.50 bits per heavy atom. The first-order chi connectivity index (χ1) is 7.70. The molecule has 1 aromatic carbocycles. The molecule has 0 bridgehead atoms. The van der Waals surface area contributed by atoms with Crippen LogP contribution in [0, 0.1) is 0 Å². The number of hydrogen-bond donors (Lipinski definition) is 1. The van der Waals surface area contributed by atoms with E-state index in [-0.39, 0.29) is 0 Å². The smallest absolute Gasteiger partial charge is 0.180 e. The summed E-state index contributed by atoms with van der Waals surface area (Å²) in [7, 11) is 0. The Morgan fingerprint density at radius 2 is 2.31 bits per heavy atom. The molecule has 2 N–H and O–H groups in total. The Labute approximate surface area is 103 Å². The second-order valence-electron chi connectivity index (χ2n) is 3.14. The highest BCUT2D eigenvalue weighted by molar-refractivity contribution is 7.13. The van der Waals surface area contributed by atoms with Crippen molar-refractivity contribution < 1.29 is 4.74 Å². The van der Waals surface area contributed by atoms with Crippen LogP contribution in [0.25, 0.3) is 11.3 Å². The van der Waals surface area contributed by atoms with E-state index in [0.29, 0.717) is 16.8 Å². The summed E-state index contributed by atoms with van der Waals surface area (Å²) in [5.74, 6) is 0.775. The first-order valence-corrected chi connectivity index (χ1v) is 6.10. The van der Waals surface area contributed by atoms with E-state index in [1.807, 2.05) is 24.4 Å². The second kappa shape index (κ2) is 4.72. The molecule has 1 heterocycles. The molecule has 0 aliphatic rings. The van der Waals surface area contributed by atoms with Gasteiger partial charge in [0.25, 0.3) is 0 Å². The van der Waals surface area contributed by atoms with Gasteiger partial charge in [0, 0.05) is 16.0 Å². The lowest BCUT2D eigenvalue weighted by molar-refractivity contribution is 0.341. The van der Waals surface area contributed by atoms with Crippen LogP contribution in [0.4, 0.5) is 5.13 Å². The number of benzene rings is 1. The number of ether oxygens (including phenoxy) is 1. The maximum absolute atomic E-state index is 5.96. The summed E-state index contributed by atoms with van der Waals surface area (Å²) in [6.45, 7) is 2.54. The van der Waals surface area contributed by atoms with Gasteiger partial charge >= 0.3 is 0 Å². The lowest BCUT2D eigenvalue weighted by Gasteiger charge is -2.08. The molecule has 0 fully saturated rings. The van der Waals surface area contributed by atoms with E-state index >= 15 is 0 Å². The Bertz CT molecular complexity index is 498. The van der Waals surface area contributed by atoms with Crippen LogP contribution in [-0.4, -0.2) is 11.6 Å². The first-order valence-electron chi connectivity index (χ1n) is 4.84. The van der Waals surface area contributed by atoms with Crippen molar-refractivity contribution in [2.75, 3.05) is 12.3 Å². The third kappa shape index (κ3) is 2.28. The summed E-state index contributed by atoms with van der Waals surface area (Å²) in [5, 5.41) is 3.09. The van der Waals surface area contributed by atoms with Gasteiger partial charge in [0.15, 0.2) is 5.13 Å². The van der Waals surface area contributed by atoms with Crippen molar-refractivity contribution in [2.45, 2.75) is 6.92 Å². The zero-order valence-corrected chi connectivity index (χ0v) is 10.3. The number of anilines is 1. The van der Waals surface area contributed by atoms with E-state index in [4.69, 9.17) is 22.1 Å². The Kier molecular flexibility index (Phi) is 3.31. The van der Waals surface area contributed by atoms with Crippen LogP contribution in [0.2, 0.25) is 5.02 Å². The van der Waals surface area contributed by atoms with Crippen molar-refractivity contribution in [1.29, 1.82) is 0 Å². The molecule has 0 saturated heterocycles. The molecule has 0 spiro atoms. The number of aromatic nitrogens is 1. The molecule has 0 amide bonds. The van der Waals surface area contributed by atoms with Crippen molar-refractivity contribution in [2.24, 2.45) is 0 Å². The third-order valence-electron chi connectivity index (χ3n) is 2.04. The van der Waals surface area contributed by atoms with Crippen molar-refractivity contribution >= 4 is 28.1 Å². The van der Waals surface area contributed by atoms with Crippen LogP contribution in [0.5, 0.6) is 5.75 Å². The number of nitrogens with zero attached hydrogens (tertiary/aromatic N) is 1. The maximum Gasteiger partial charge on any atom is 0.180 e. The van der Waals surface area contributed by atoms with Crippen LogP contribution in [-0.2, 0) is 0 Å². The molecule has 84 valence electrons. The molecule has 0 aliphatic carbocycles. The van der Waals surface area contributed by atoms with Crippen LogP contribution >= 0.6 is 22.9 Å². The van der Waals surface area contributed by atoms with Crippen molar-refractivity contribution in [1.82, 2.24) is 4.98 Å². The summed E-state index contributed by atoms with van der Waals surface area (Å²) in [5.41, 5.74) is 7.29. The predicted octanol–water partition coefficient (Wildman–Crippen LogP) is 3.44. The van der Waals surface area contributed by atoms with E-state index in [9.17, 15) is 0 Å². The Hall–Kier alpha value is -1.26. The van der Waals surface area contributed by atoms with Crippen molar-refractivity contribution in [3.05, 3.63) is 28.6 Å². The molecule has 2 rings (SSSR count). The van der Waals surface area contributed by atoms with Crippen LogP contribution in [0.15, 0.2) is 23.6 Å². The fourth-order valence-electron chi connectivity index (χ4n) is 1.40. The molecule has 1 aromatic heterocycles. The molecule has 3 nitrogen and oxygen atoms in total. The van der Waals surface area contributed by atoms with Gasteiger partial charge in [-0.3, -0.25) is 0 Å².